The average Bonchev–Trinajstić information content (AvgIpc) is 3.18. The van der Waals surface area contributed by atoms with Gasteiger partial charge in [-0.2, -0.15) is 5.10 Å². The van der Waals surface area contributed by atoms with Gasteiger partial charge in [-0.3, -0.25) is 9.59 Å². The third-order valence-corrected chi connectivity index (χ3v) is 4.68. The highest BCUT2D eigenvalue weighted by atomic mass is 16.5. The van der Waals surface area contributed by atoms with E-state index in [9.17, 15) is 9.59 Å². The van der Waals surface area contributed by atoms with E-state index in [1.165, 1.54) is 0 Å². The molecule has 29 heavy (non-hydrogen) atoms. The van der Waals surface area contributed by atoms with Gasteiger partial charge >= 0.3 is 0 Å². The summed E-state index contributed by atoms with van der Waals surface area (Å²) in [5.74, 6) is -0.150. The lowest BCUT2D eigenvalue weighted by Crippen LogP contribution is -2.42. The standard InChI is InChI=1S/C22H24N4O3/c1-22(2,21(23)28)14-24-20(27)18-13-26(16-9-5-4-6-10-16)25-19(18)15-8-7-11-17(12-15)29-3/h4-13H,14H2,1-3H3,(H2,23,28)(H,24,27). The molecule has 0 aliphatic carbocycles. The summed E-state index contributed by atoms with van der Waals surface area (Å²) in [5.41, 5.74) is 7.03. The molecule has 0 radical (unpaired) electrons. The largest absolute Gasteiger partial charge is 0.497 e. The Bertz CT molecular complexity index is 1030. The van der Waals surface area contributed by atoms with Gasteiger partial charge < -0.3 is 15.8 Å². The number of hydrogen-bond donors (Lipinski definition) is 2. The highest BCUT2D eigenvalue weighted by Crippen LogP contribution is 2.27. The van der Waals surface area contributed by atoms with Gasteiger partial charge in [0.15, 0.2) is 0 Å². The molecule has 0 atom stereocenters. The summed E-state index contributed by atoms with van der Waals surface area (Å²) in [5, 5.41) is 7.44. The molecule has 3 rings (SSSR count). The topological polar surface area (TPSA) is 99.2 Å². The van der Waals surface area contributed by atoms with Crippen molar-refractivity contribution in [3.8, 4) is 22.7 Å². The van der Waals surface area contributed by atoms with Gasteiger partial charge in [0.05, 0.1) is 23.8 Å². The Morgan fingerprint density at radius 3 is 2.52 bits per heavy atom. The first-order valence-corrected chi connectivity index (χ1v) is 9.19. The van der Waals surface area contributed by atoms with Crippen LogP contribution in [0.15, 0.2) is 60.8 Å². The number of nitrogens with one attached hydrogen (secondary N) is 1. The first kappa shape index (κ1) is 20.1. The zero-order chi connectivity index (χ0) is 21.0. The zero-order valence-corrected chi connectivity index (χ0v) is 16.7. The number of ether oxygens (including phenoxy) is 1. The monoisotopic (exact) mass is 392 g/mol. The summed E-state index contributed by atoms with van der Waals surface area (Å²) in [6.45, 7) is 3.49. The number of carbonyl (C=O) groups is 2. The molecule has 3 N–H and O–H groups in total. The fourth-order valence-electron chi connectivity index (χ4n) is 2.72. The number of hydrogen-bond acceptors (Lipinski definition) is 4. The molecule has 0 aliphatic rings. The molecule has 0 unspecified atom stereocenters. The van der Waals surface area contributed by atoms with Gasteiger partial charge in [0.2, 0.25) is 5.91 Å². The lowest BCUT2D eigenvalue weighted by Gasteiger charge is -2.20. The molecule has 7 nitrogen and oxygen atoms in total. The van der Waals surface area contributed by atoms with Crippen molar-refractivity contribution in [3.63, 3.8) is 0 Å². The Kier molecular flexibility index (Phi) is 5.68. The van der Waals surface area contributed by atoms with Crippen LogP contribution >= 0.6 is 0 Å². The number of amides is 2. The van der Waals surface area contributed by atoms with E-state index < -0.39 is 11.3 Å². The van der Waals surface area contributed by atoms with Gasteiger partial charge in [0, 0.05) is 18.3 Å². The van der Waals surface area contributed by atoms with Crippen LogP contribution in [-0.2, 0) is 4.79 Å². The van der Waals surface area contributed by atoms with E-state index in [2.05, 4.69) is 10.4 Å². The number of para-hydroxylation sites is 1. The van der Waals surface area contributed by atoms with E-state index in [1.807, 2.05) is 54.6 Å². The van der Waals surface area contributed by atoms with Crippen LogP contribution in [0.2, 0.25) is 0 Å². The number of nitrogens with zero attached hydrogens (tertiary/aromatic N) is 2. The number of rotatable bonds is 7. The van der Waals surface area contributed by atoms with Crippen LogP contribution in [0.4, 0.5) is 0 Å². The van der Waals surface area contributed by atoms with E-state index in [-0.39, 0.29) is 12.5 Å². The van der Waals surface area contributed by atoms with Crippen molar-refractivity contribution in [2.24, 2.45) is 11.1 Å². The van der Waals surface area contributed by atoms with Crippen LogP contribution in [0.3, 0.4) is 0 Å². The maximum atomic E-state index is 13.0. The molecule has 2 amide bonds. The summed E-state index contributed by atoms with van der Waals surface area (Å²) in [6.07, 6.45) is 1.68. The molecule has 1 aromatic heterocycles. The van der Waals surface area contributed by atoms with E-state index in [1.54, 1.807) is 31.8 Å². The quantitative estimate of drug-likeness (QED) is 0.646. The Balaban J connectivity index is 2.01. The van der Waals surface area contributed by atoms with Crippen LogP contribution in [0.1, 0.15) is 24.2 Å². The van der Waals surface area contributed by atoms with Gasteiger partial charge in [-0.25, -0.2) is 4.68 Å². The Hall–Kier alpha value is -3.61. The number of methoxy groups -OCH3 is 1. The molecule has 1 heterocycles. The molecule has 150 valence electrons. The molecule has 0 aliphatic heterocycles. The number of nitrogens with two attached hydrogens (primary N) is 1. The van der Waals surface area contributed by atoms with Crippen LogP contribution in [0, 0.1) is 5.41 Å². The van der Waals surface area contributed by atoms with E-state index >= 15 is 0 Å². The summed E-state index contributed by atoms with van der Waals surface area (Å²) < 4.78 is 6.96. The van der Waals surface area contributed by atoms with Crippen LogP contribution in [0.5, 0.6) is 5.75 Å². The molecule has 0 fully saturated rings. The van der Waals surface area contributed by atoms with Crippen LogP contribution < -0.4 is 15.8 Å². The number of carbonyl (C=O) groups excluding carboxylic acids is 2. The third kappa shape index (κ3) is 4.45. The third-order valence-electron chi connectivity index (χ3n) is 4.68. The maximum Gasteiger partial charge on any atom is 0.255 e. The molecular weight excluding hydrogens is 368 g/mol. The number of aromatic nitrogens is 2. The van der Waals surface area contributed by atoms with Crippen molar-refractivity contribution in [2.45, 2.75) is 13.8 Å². The van der Waals surface area contributed by atoms with Crippen molar-refractivity contribution in [1.29, 1.82) is 0 Å². The van der Waals surface area contributed by atoms with Crippen molar-refractivity contribution >= 4 is 11.8 Å². The molecule has 3 aromatic rings. The Morgan fingerprint density at radius 1 is 1.14 bits per heavy atom. The number of benzene rings is 2. The summed E-state index contributed by atoms with van der Waals surface area (Å²) in [7, 11) is 1.58. The predicted molar refractivity (Wildman–Crippen MR) is 111 cm³/mol. The fourth-order valence-corrected chi connectivity index (χ4v) is 2.72. The number of primary amides is 1. The highest BCUT2D eigenvalue weighted by Gasteiger charge is 2.27. The maximum absolute atomic E-state index is 13.0. The Morgan fingerprint density at radius 2 is 1.86 bits per heavy atom. The van der Waals surface area contributed by atoms with Crippen molar-refractivity contribution in [1.82, 2.24) is 15.1 Å². The van der Waals surface area contributed by atoms with Crippen molar-refractivity contribution in [3.05, 3.63) is 66.4 Å². The second kappa shape index (κ2) is 8.18. The van der Waals surface area contributed by atoms with Gasteiger partial charge in [-0.1, -0.05) is 30.3 Å². The fraction of sp³-hybridized carbons (Fsp3) is 0.227. The lowest BCUT2D eigenvalue weighted by molar-refractivity contribution is -0.125. The minimum atomic E-state index is -0.860. The Labute approximate surface area is 169 Å². The average molecular weight is 392 g/mol. The van der Waals surface area contributed by atoms with Crippen molar-refractivity contribution in [2.75, 3.05) is 13.7 Å². The van der Waals surface area contributed by atoms with Gasteiger partial charge in [0.1, 0.15) is 11.4 Å². The molecule has 0 bridgehead atoms. The molecular formula is C22H24N4O3. The minimum Gasteiger partial charge on any atom is -0.497 e. The predicted octanol–water partition coefficient (Wildman–Crippen LogP) is 2.79. The summed E-state index contributed by atoms with van der Waals surface area (Å²) in [6, 6.07) is 16.9. The van der Waals surface area contributed by atoms with Gasteiger partial charge in [0.25, 0.3) is 5.91 Å². The zero-order valence-electron chi connectivity index (χ0n) is 16.7. The van der Waals surface area contributed by atoms with Crippen molar-refractivity contribution < 1.29 is 14.3 Å². The van der Waals surface area contributed by atoms with Gasteiger partial charge in [-0.15, -0.1) is 0 Å². The first-order valence-electron chi connectivity index (χ1n) is 9.19. The molecule has 0 saturated carbocycles. The molecule has 0 saturated heterocycles. The van der Waals surface area contributed by atoms with E-state index in [0.29, 0.717) is 17.0 Å². The molecule has 0 spiro atoms. The lowest BCUT2D eigenvalue weighted by atomic mass is 9.92. The summed E-state index contributed by atoms with van der Waals surface area (Å²) >= 11 is 0. The SMILES string of the molecule is COc1cccc(-c2nn(-c3ccccc3)cc2C(=O)NCC(C)(C)C(N)=O)c1. The van der Waals surface area contributed by atoms with E-state index in [0.717, 1.165) is 11.3 Å². The smallest absolute Gasteiger partial charge is 0.255 e. The second-order valence-corrected chi connectivity index (χ2v) is 7.33. The minimum absolute atomic E-state index is 0.120. The van der Waals surface area contributed by atoms with E-state index in [4.69, 9.17) is 10.5 Å². The summed E-state index contributed by atoms with van der Waals surface area (Å²) in [4.78, 5) is 24.5. The second-order valence-electron chi connectivity index (χ2n) is 7.33. The highest BCUT2D eigenvalue weighted by molar-refractivity contribution is 6.00. The van der Waals surface area contributed by atoms with Gasteiger partial charge in [-0.05, 0) is 38.1 Å². The van der Waals surface area contributed by atoms with Crippen LogP contribution in [-0.4, -0.2) is 35.2 Å². The van der Waals surface area contributed by atoms with Crippen LogP contribution in [0.25, 0.3) is 16.9 Å². The molecule has 2 aromatic carbocycles. The first-order chi connectivity index (χ1) is 13.8. The normalized spacial score (nSPS) is 11.1. The molecule has 7 heteroatoms.